The van der Waals surface area contributed by atoms with Gasteiger partial charge in [-0.3, -0.25) is 4.90 Å². The number of rotatable bonds is 6. The average Bonchev–Trinajstić information content (AvgIpc) is 2.01. The Morgan fingerprint density at radius 2 is 1.83 bits per heavy atom. The molecule has 0 amide bonds. The summed E-state index contributed by atoms with van der Waals surface area (Å²) in [6.45, 7) is 5.75. The molecule has 0 aliphatic heterocycles. The quantitative estimate of drug-likeness (QED) is 0.551. The normalized spacial score (nSPS) is 10.7. The molecule has 0 fully saturated rings. The van der Waals surface area contributed by atoms with E-state index in [0.29, 0.717) is 6.54 Å². The highest BCUT2D eigenvalue weighted by atomic mass is 15.2. The second kappa shape index (κ2) is 7.08. The largest absolute Gasteiger partial charge is 0.308 e. The summed E-state index contributed by atoms with van der Waals surface area (Å²) < 4.78 is 0. The summed E-state index contributed by atoms with van der Waals surface area (Å²) in [5.74, 6) is 0. The SMILES string of the molecule is CCCN(CC#N)CCN(C)C. The number of nitrogens with zero attached hydrogens (tertiary/aromatic N) is 3. The molecule has 0 aliphatic carbocycles. The lowest BCUT2D eigenvalue weighted by molar-refractivity contribution is 0.263. The molecule has 12 heavy (non-hydrogen) atoms. The van der Waals surface area contributed by atoms with Crippen molar-refractivity contribution >= 4 is 0 Å². The Balaban J connectivity index is 3.56. The van der Waals surface area contributed by atoms with E-state index in [-0.39, 0.29) is 0 Å². The summed E-state index contributed by atoms with van der Waals surface area (Å²) in [6, 6.07) is 2.18. The number of hydrogen-bond donors (Lipinski definition) is 0. The lowest BCUT2D eigenvalue weighted by Gasteiger charge is -2.20. The van der Waals surface area contributed by atoms with Crippen LogP contribution in [0.1, 0.15) is 13.3 Å². The summed E-state index contributed by atoms with van der Waals surface area (Å²) in [5.41, 5.74) is 0. The Labute approximate surface area is 75.6 Å². The van der Waals surface area contributed by atoms with Gasteiger partial charge in [0.25, 0.3) is 0 Å². The van der Waals surface area contributed by atoms with Crippen LogP contribution in [0.3, 0.4) is 0 Å². The van der Waals surface area contributed by atoms with Gasteiger partial charge in [0.15, 0.2) is 0 Å². The molecule has 0 unspecified atom stereocenters. The third-order valence-corrected chi connectivity index (χ3v) is 1.70. The highest BCUT2D eigenvalue weighted by molar-refractivity contribution is 4.76. The van der Waals surface area contributed by atoms with Gasteiger partial charge in [0.1, 0.15) is 0 Å². The van der Waals surface area contributed by atoms with Crippen LogP contribution < -0.4 is 0 Å². The zero-order valence-electron chi connectivity index (χ0n) is 8.38. The Morgan fingerprint density at radius 3 is 2.25 bits per heavy atom. The van der Waals surface area contributed by atoms with Crippen LogP contribution in [-0.4, -0.2) is 50.1 Å². The lowest BCUT2D eigenvalue weighted by Crippen LogP contribution is -2.32. The molecule has 0 heterocycles. The average molecular weight is 169 g/mol. The van der Waals surface area contributed by atoms with E-state index in [0.717, 1.165) is 26.1 Å². The van der Waals surface area contributed by atoms with E-state index in [1.807, 2.05) is 0 Å². The van der Waals surface area contributed by atoms with Crippen molar-refractivity contribution in [3.63, 3.8) is 0 Å². The molecular weight excluding hydrogens is 150 g/mol. The smallest absolute Gasteiger partial charge is 0.0866 e. The van der Waals surface area contributed by atoms with E-state index in [4.69, 9.17) is 5.26 Å². The molecule has 0 aliphatic rings. The molecule has 0 rings (SSSR count). The molecule has 0 saturated carbocycles. The molecule has 70 valence electrons. The maximum absolute atomic E-state index is 8.52. The van der Waals surface area contributed by atoms with E-state index in [2.05, 4.69) is 36.9 Å². The van der Waals surface area contributed by atoms with E-state index in [9.17, 15) is 0 Å². The summed E-state index contributed by atoms with van der Waals surface area (Å²) in [7, 11) is 4.10. The van der Waals surface area contributed by atoms with Gasteiger partial charge in [0.05, 0.1) is 12.6 Å². The molecule has 0 aromatic rings. The molecule has 0 N–H and O–H groups in total. The first-order valence-corrected chi connectivity index (χ1v) is 4.44. The Morgan fingerprint density at radius 1 is 1.17 bits per heavy atom. The Bertz CT molecular complexity index is 137. The van der Waals surface area contributed by atoms with Crippen LogP contribution in [0.15, 0.2) is 0 Å². The fourth-order valence-corrected chi connectivity index (χ4v) is 1.03. The van der Waals surface area contributed by atoms with Crippen molar-refractivity contribution in [2.75, 3.05) is 40.3 Å². The van der Waals surface area contributed by atoms with E-state index < -0.39 is 0 Å². The minimum Gasteiger partial charge on any atom is -0.308 e. The maximum Gasteiger partial charge on any atom is 0.0866 e. The third kappa shape index (κ3) is 6.14. The zero-order valence-corrected chi connectivity index (χ0v) is 8.38. The van der Waals surface area contributed by atoms with Crippen LogP contribution in [0.5, 0.6) is 0 Å². The van der Waals surface area contributed by atoms with Crippen LogP contribution in [0.4, 0.5) is 0 Å². The summed E-state index contributed by atoms with van der Waals surface area (Å²) in [5, 5.41) is 8.52. The third-order valence-electron chi connectivity index (χ3n) is 1.70. The van der Waals surface area contributed by atoms with Gasteiger partial charge < -0.3 is 4.90 Å². The van der Waals surface area contributed by atoms with Gasteiger partial charge in [-0.15, -0.1) is 0 Å². The maximum atomic E-state index is 8.52. The molecule has 0 aromatic heterocycles. The molecular formula is C9H19N3. The highest BCUT2D eigenvalue weighted by Gasteiger charge is 2.02. The fourth-order valence-electron chi connectivity index (χ4n) is 1.03. The van der Waals surface area contributed by atoms with Gasteiger partial charge in [0.2, 0.25) is 0 Å². The molecule has 3 heteroatoms. The van der Waals surface area contributed by atoms with E-state index >= 15 is 0 Å². The molecule has 0 atom stereocenters. The van der Waals surface area contributed by atoms with Gasteiger partial charge in [-0.05, 0) is 27.1 Å². The van der Waals surface area contributed by atoms with Gasteiger partial charge in [-0.1, -0.05) is 6.92 Å². The second-order valence-electron chi connectivity index (χ2n) is 3.24. The monoisotopic (exact) mass is 169 g/mol. The fraction of sp³-hybridized carbons (Fsp3) is 0.889. The first-order chi connectivity index (χ1) is 5.70. The summed E-state index contributed by atoms with van der Waals surface area (Å²) in [6.07, 6.45) is 1.12. The van der Waals surface area contributed by atoms with Crippen LogP contribution in [0.25, 0.3) is 0 Å². The minimum atomic E-state index is 0.557. The van der Waals surface area contributed by atoms with Crippen molar-refractivity contribution in [1.82, 2.24) is 9.80 Å². The van der Waals surface area contributed by atoms with Gasteiger partial charge in [-0.2, -0.15) is 5.26 Å². The van der Waals surface area contributed by atoms with Crippen molar-refractivity contribution in [2.45, 2.75) is 13.3 Å². The summed E-state index contributed by atoms with van der Waals surface area (Å²) in [4.78, 5) is 4.32. The topological polar surface area (TPSA) is 30.3 Å². The van der Waals surface area contributed by atoms with Crippen LogP contribution >= 0.6 is 0 Å². The predicted octanol–water partition coefficient (Wildman–Crippen LogP) is 0.784. The Hall–Kier alpha value is -0.590. The minimum absolute atomic E-state index is 0.557. The zero-order chi connectivity index (χ0) is 9.40. The number of likely N-dealkylation sites (N-methyl/N-ethyl adjacent to an activating group) is 1. The Kier molecular flexibility index (Phi) is 6.73. The van der Waals surface area contributed by atoms with Crippen LogP contribution in [0, 0.1) is 11.3 Å². The second-order valence-corrected chi connectivity index (χ2v) is 3.24. The van der Waals surface area contributed by atoms with Crippen LogP contribution in [0.2, 0.25) is 0 Å². The van der Waals surface area contributed by atoms with Crippen molar-refractivity contribution in [3.8, 4) is 6.07 Å². The van der Waals surface area contributed by atoms with Crippen molar-refractivity contribution < 1.29 is 0 Å². The lowest BCUT2D eigenvalue weighted by atomic mass is 10.4. The van der Waals surface area contributed by atoms with Crippen molar-refractivity contribution in [3.05, 3.63) is 0 Å². The van der Waals surface area contributed by atoms with E-state index in [1.54, 1.807) is 0 Å². The molecule has 0 aromatic carbocycles. The molecule has 0 spiro atoms. The van der Waals surface area contributed by atoms with Crippen molar-refractivity contribution in [2.24, 2.45) is 0 Å². The van der Waals surface area contributed by atoms with E-state index in [1.165, 1.54) is 0 Å². The van der Waals surface area contributed by atoms with Gasteiger partial charge >= 0.3 is 0 Å². The van der Waals surface area contributed by atoms with Gasteiger partial charge in [0, 0.05) is 13.1 Å². The summed E-state index contributed by atoms with van der Waals surface area (Å²) >= 11 is 0. The molecule has 3 nitrogen and oxygen atoms in total. The first-order valence-electron chi connectivity index (χ1n) is 4.44. The van der Waals surface area contributed by atoms with Crippen LogP contribution in [-0.2, 0) is 0 Å². The predicted molar refractivity (Wildman–Crippen MR) is 50.9 cm³/mol. The van der Waals surface area contributed by atoms with Crippen molar-refractivity contribution in [1.29, 1.82) is 5.26 Å². The molecule has 0 radical (unpaired) electrons. The molecule has 0 saturated heterocycles. The number of hydrogen-bond acceptors (Lipinski definition) is 3. The molecule has 0 bridgehead atoms. The number of nitriles is 1. The highest BCUT2D eigenvalue weighted by Crippen LogP contribution is 1.90. The standard InChI is InChI=1S/C9H19N3/c1-4-6-12(7-5-10)9-8-11(2)3/h4,6-9H2,1-3H3. The van der Waals surface area contributed by atoms with Gasteiger partial charge in [-0.25, -0.2) is 0 Å². The first kappa shape index (κ1) is 11.4.